The minimum Gasteiger partial charge on any atom is -0.350 e. The molecule has 2 aromatic rings. The number of hydrogen-bond acceptors (Lipinski definition) is 4. The molecule has 4 rings (SSSR count). The molecule has 6 heteroatoms. The average molecular weight is 339 g/mol. The van der Waals surface area contributed by atoms with Gasteiger partial charge in [0.05, 0.1) is 6.04 Å². The van der Waals surface area contributed by atoms with E-state index in [9.17, 15) is 4.79 Å². The molecular weight excluding hydrogens is 314 g/mol. The molecule has 1 saturated heterocycles. The van der Waals surface area contributed by atoms with Crippen LogP contribution in [-0.4, -0.2) is 44.0 Å². The van der Waals surface area contributed by atoms with Gasteiger partial charge in [0.15, 0.2) is 0 Å². The number of amides is 1. The van der Waals surface area contributed by atoms with Crippen molar-refractivity contribution in [2.24, 2.45) is 0 Å². The van der Waals surface area contributed by atoms with Crippen LogP contribution in [0.25, 0.3) is 0 Å². The molecular formula is C19H25N5O. The van der Waals surface area contributed by atoms with Gasteiger partial charge in [0, 0.05) is 50.3 Å². The molecule has 2 atom stereocenters. The average Bonchev–Trinajstić information content (AvgIpc) is 3.11. The van der Waals surface area contributed by atoms with Crippen LogP contribution in [0.2, 0.25) is 0 Å². The SMILES string of the molecule is O=C(N[C@H]1CCc2nccn2C1)[C@@H]1CCCCN1Cc1ccncc1. The first-order chi connectivity index (χ1) is 12.3. The highest BCUT2D eigenvalue weighted by molar-refractivity contribution is 5.82. The quantitative estimate of drug-likeness (QED) is 0.922. The maximum Gasteiger partial charge on any atom is 0.237 e. The smallest absolute Gasteiger partial charge is 0.237 e. The zero-order valence-corrected chi connectivity index (χ0v) is 14.5. The van der Waals surface area contributed by atoms with E-state index in [-0.39, 0.29) is 18.0 Å². The molecule has 1 fully saturated rings. The van der Waals surface area contributed by atoms with E-state index in [0.29, 0.717) is 0 Å². The summed E-state index contributed by atoms with van der Waals surface area (Å²) in [7, 11) is 0. The van der Waals surface area contributed by atoms with E-state index in [0.717, 1.165) is 57.6 Å². The number of imidazole rings is 1. The van der Waals surface area contributed by atoms with E-state index in [1.165, 1.54) is 5.56 Å². The summed E-state index contributed by atoms with van der Waals surface area (Å²) in [5, 5.41) is 3.29. The zero-order chi connectivity index (χ0) is 17.1. The Hall–Kier alpha value is -2.21. The fraction of sp³-hybridized carbons (Fsp3) is 0.526. The number of hydrogen-bond donors (Lipinski definition) is 1. The van der Waals surface area contributed by atoms with Crippen LogP contribution >= 0.6 is 0 Å². The molecule has 132 valence electrons. The van der Waals surface area contributed by atoms with E-state index in [4.69, 9.17) is 0 Å². The molecule has 0 unspecified atom stereocenters. The lowest BCUT2D eigenvalue weighted by Crippen LogP contribution is -2.52. The largest absolute Gasteiger partial charge is 0.350 e. The van der Waals surface area contributed by atoms with Gasteiger partial charge in [0.2, 0.25) is 5.91 Å². The topological polar surface area (TPSA) is 63.1 Å². The molecule has 2 aromatic heterocycles. The second-order valence-corrected chi connectivity index (χ2v) is 7.08. The van der Waals surface area contributed by atoms with Crippen LogP contribution in [0.4, 0.5) is 0 Å². The van der Waals surface area contributed by atoms with Gasteiger partial charge in [0.1, 0.15) is 5.82 Å². The summed E-state index contributed by atoms with van der Waals surface area (Å²) in [6.07, 6.45) is 12.6. The van der Waals surface area contributed by atoms with Crippen LogP contribution in [0.5, 0.6) is 0 Å². The van der Waals surface area contributed by atoms with Gasteiger partial charge < -0.3 is 9.88 Å². The number of fused-ring (bicyclic) bond motifs is 1. The van der Waals surface area contributed by atoms with Crippen LogP contribution in [0.3, 0.4) is 0 Å². The molecule has 1 N–H and O–H groups in total. The monoisotopic (exact) mass is 339 g/mol. The first-order valence-electron chi connectivity index (χ1n) is 9.23. The van der Waals surface area contributed by atoms with Crippen molar-refractivity contribution in [1.82, 2.24) is 24.8 Å². The van der Waals surface area contributed by atoms with Gasteiger partial charge in [-0.25, -0.2) is 4.98 Å². The molecule has 1 amide bonds. The number of nitrogens with zero attached hydrogens (tertiary/aromatic N) is 4. The predicted octanol–water partition coefficient (Wildman–Crippen LogP) is 1.76. The highest BCUT2D eigenvalue weighted by Gasteiger charge is 2.30. The number of carbonyl (C=O) groups is 1. The van der Waals surface area contributed by atoms with Crippen molar-refractivity contribution in [2.75, 3.05) is 6.54 Å². The van der Waals surface area contributed by atoms with Crippen LogP contribution in [0.15, 0.2) is 36.9 Å². The van der Waals surface area contributed by atoms with Crippen LogP contribution in [0, 0.1) is 0 Å². The minimum absolute atomic E-state index is 0.0221. The van der Waals surface area contributed by atoms with Crippen LogP contribution < -0.4 is 5.32 Å². The Kier molecular flexibility index (Phi) is 4.78. The number of nitrogens with one attached hydrogen (secondary N) is 1. The number of pyridine rings is 1. The molecule has 4 heterocycles. The molecule has 0 saturated carbocycles. The Bertz CT molecular complexity index is 714. The Balaban J connectivity index is 1.39. The normalized spacial score (nSPS) is 23.8. The molecule has 0 aliphatic carbocycles. The first-order valence-corrected chi connectivity index (χ1v) is 9.23. The van der Waals surface area contributed by atoms with Gasteiger partial charge in [-0.1, -0.05) is 6.42 Å². The van der Waals surface area contributed by atoms with Crippen molar-refractivity contribution >= 4 is 5.91 Å². The lowest BCUT2D eigenvalue weighted by atomic mass is 9.99. The van der Waals surface area contributed by atoms with E-state index in [2.05, 4.69) is 24.8 Å². The van der Waals surface area contributed by atoms with Gasteiger partial charge in [-0.3, -0.25) is 14.7 Å². The number of aryl methyl sites for hydroxylation is 1. The number of carbonyl (C=O) groups excluding carboxylic acids is 1. The Morgan fingerprint density at radius 2 is 2.08 bits per heavy atom. The maximum absolute atomic E-state index is 12.9. The van der Waals surface area contributed by atoms with Crippen LogP contribution in [-0.2, 0) is 24.3 Å². The molecule has 25 heavy (non-hydrogen) atoms. The van der Waals surface area contributed by atoms with Crippen molar-refractivity contribution in [3.63, 3.8) is 0 Å². The van der Waals surface area contributed by atoms with Gasteiger partial charge in [-0.2, -0.15) is 0 Å². The second-order valence-electron chi connectivity index (χ2n) is 7.08. The number of likely N-dealkylation sites (tertiary alicyclic amines) is 1. The molecule has 0 aromatic carbocycles. The molecule has 2 aliphatic rings. The Morgan fingerprint density at radius 1 is 1.20 bits per heavy atom. The zero-order valence-electron chi connectivity index (χ0n) is 14.5. The molecule has 6 nitrogen and oxygen atoms in total. The van der Waals surface area contributed by atoms with Crippen molar-refractivity contribution in [3.05, 3.63) is 48.3 Å². The number of piperidine rings is 1. The van der Waals surface area contributed by atoms with E-state index in [1.807, 2.05) is 36.9 Å². The summed E-state index contributed by atoms with van der Waals surface area (Å²) in [6.45, 7) is 2.63. The summed E-state index contributed by atoms with van der Waals surface area (Å²) in [6, 6.07) is 4.25. The summed E-state index contributed by atoms with van der Waals surface area (Å²) in [5.74, 6) is 1.31. The third kappa shape index (κ3) is 3.74. The lowest BCUT2D eigenvalue weighted by molar-refractivity contribution is -0.128. The lowest BCUT2D eigenvalue weighted by Gasteiger charge is -2.36. The number of rotatable bonds is 4. The van der Waals surface area contributed by atoms with Gasteiger partial charge in [0.25, 0.3) is 0 Å². The van der Waals surface area contributed by atoms with Crippen molar-refractivity contribution in [1.29, 1.82) is 0 Å². The third-order valence-corrected chi connectivity index (χ3v) is 5.33. The second kappa shape index (κ2) is 7.35. The molecule has 0 bridgehead atoms. The Labute approximate surface area is 148 Å². The van der Waals surface area contributed by atoms with Gasteiger partial charge in [-0.05, 0) is 43.5 Å². The van der Waals surface area contributed by atoms with E-state index < -0.39 is 0 Å². The molecule has 0 spiro atoms. The summed E-state index contributed by atoms with van der Waals surface area (Å²) in [5.41, 5.74) is 1.22. The van der Waals surface area contributed by atoms with Crippen molar-refractivity contribution < 1.29 is 4.79 Å². The fourth-order valence-electron chi connectivity index (χ4n) is 3.98. The Morgan fingerprint density at radius 3 is 2.96 bits per heavy atom. The van der Waals surface area contributed by atoms with Gasteiger partial charge >= 0.3 is 0 Å². The summed E-state index contributed by atoms with van der Waals surface area (Å²) in [4.78, 5) is 23.7. The molecule has 2 aliphatic heterocycles. The number of aromatic nitrogens is 3. The van der Waals surface area contributed by atoms with Crippen LogP contribution in [0.1, 0.15) is 37.1 Å². The predicted molar refractivity (Wildman–Crippen MR) is 94.8 cm³/mol. The standard InChI is InChI=1S/C19H25N5O/c25-19(22-16-4-5-18-21-10-12-24(18)14-16)17-3-1-2-11-23(17)13-15-6-8-20-9-7-15/h6-10,12,16-17H,1-5,11,13-14H2,(H,22,25)/t16-,17-/m0/s1. The van der Waals surface area contributed by atoms with Crippen molar-refractivity contribution in [2.45, 2.75) is 57.3 Å². The minimum atomic E-state index is -0.0221. The highest BCUT2D eigenvalue weighted by Crippen LogP contribution is 2.21. The van der Waals surface area contributed by atoms with E-state index >= 15 is 0 Å². The van der Waals surface area contributed by atoms with E-state index in [1.54, 1.807) is 0 Å². The molecule has 0 radical (unpaired) electrons. The third-order valence-electron chi connectivity index (χ3n) is 5.33. The van der Waals surface area contributed by atoms with Crippen molar-refractivity contribution in [3.8, 4) is 0 Å². The highest BCUT2D eigenvalue weighted by atomic mass is 16.2. The van der Waals surface area contributed by atoms with Gasteiger partial charge in [-0.15, -0.1) is 0 Å². The summed E-state index contributed by atoms with van der Waals surface area (Å²) >= 11 is 0. The fourth-order valence-corrected chi connectivity index (χ4v) is 3.98. The first kappa shape index (κ1) is 16.3. The maximum atomic E-state index is 12.9. The summed E-state index contributed by atoms with van der Waals surface area (Å²) < 4.78 is 2.16.